The third-order valence-corrected chi connectivity index (χ3v) is 2.67. The van der Waals surface area contributed by atoms with Gasteiger partial charge in [0, 0.05) is 16.1 Å². The third kappa shape index (κ3) is 1.95. The summed E-state index contributed by atoms with van der Waals surface area (Å²) >= 11 is 15.0. The second-order valence-corrected chi connectivity index (χ2v) is 4.34. The van der Waals surface area contributed by atoms with Crippen LogP contribution in [0.15, 0.2) is 33.3 Å². The average molecular weight is 293 g/mol. The first-order chi connectivity index (χ1) is 6.66. The molecule has 0 atom stereocenters. The van der Waals surface area contributed by atoms with Crippen LogP contribution in [0.3, 0.4) is 0 Å². The topological polar surface area (TPSA) is 26.0 Å². The molecule has 0 spiro atoms. The lowest BCUT2D eigenvalue weighted by Crippen LogP contribution is -1.78. The minimum absolute atomic E-state index is 0.249. The molecule has 0 unspecified atom stereocenters. The van der Waals surface area contributed by atoms with Gasteiger partial charge in [-0.1, -0.05) is 38.8 Å². The van der Waals surface area contributed by atoms with Gasteiger partial charge in [0.15, 0.2) is 0 Å². The van der Waals surface area contributed by atoms with E-state index in [0.29, 0.717) is 10.7 Å². The Morgan fingerprint density at radius 3 is 2.57 bits per heavy atom. The number of rotatable bonds is 1. The van der Waals surface area contributed by atoms with Crippen LogP contribution in [-0.4, -0.2) is 5.16 Å². The first-order valence-corrected chi connectivity index (χ1v) is 5.29. The van der Waals surface area contributed by atoms with Gasteiger partial charge in [0.05, 0.1) is 5.02 Å². The average Bonchev–Trinajstić information content (AvgIpc) is 2.51. The Kier molecular flexibility index (Phi) is 2.81. The van der Waals surface area contributed by atoms with E-state index in [9.17, 15) is 0 Å². The van der Waals surface area contributed by atoms with Crippen molar-refractivity contribution in [2.75, 3.05) is 0 Å². The summed E-state index contributed by atoms with van der Waals surface area (Å²) in [5, 5.41) is 4.62. The Morgan fingerprint density at radius 1 is 1.21 bits per heavy atom. The van der Waals surface area contributed by atoms with Gasteiger partial charge in [-0.05, 0) is 23.7 Å². The van der Waals surface area contributed by atoms with E-state index in [4.69, 9.17) is 27.7 Å². The Labute approximate surface area is 98.9 Å². The van der Waals surface area contributed by atoms with Crippen molar-refractivity contribution in [3.05, 3.63) is 39.0 Å². The lowest BCUT2D eigenvalue weighted by atomic mass is 10.1. The van der Waals surface area contributed by atoms with Crippen molar-refractivity contribution in [1.29, 1.82) is 0 Å². The molecule has 5 heteroatoms. The number of hydrogen-bond acceptors (Lipinski definition) is 2. The summed E-state index contributed by atoms with van der Waals surface area (Å²) in [5.74, 6) is 0. The Balaban J connectivity index is 2.52. The van der Waals surface area contributed by atoms with Gasteiger partial charge in [0.25, 0.3) is 0 Å². The van der Waals surface area contributed by atoms with Crippen molar-refractivity contribution in [2.24, 2.45) is 0 Å². The first-order valence-electron chi connectivity index (χ1n) is 3.74. The highest BCUT2D eigenvalue weighted by molar-refractivity contribution is 9.10. The molecule has 14 heavy (non-hydrogen) atoms. The van der Waals surface area contributed by atoms with Crippen LogP contribution in [0.25, 0.3) is 11.3 Å². The van der Waals surface area contributed by atoms with Crippen LogP contribution in [0.5, 0.6) is 0 Å². The highest BCUT2D eigenvalue weighted by Crippen LogP contribution is 2.30. The number of halogens is 3. The predicted octanol–water partition coefficient (Wildman–Crippen LogP) is 4.41. The van der Waals surface area contributed by atoms with E-state index in [1.807, 2.05) is 12.1 Å². The minimum atomic E-state index is 0.249. The van der Waals surface area contributed by atoms with Crippen LogP contribution in [0.2, 0.25) is 10.2 Å². The number of benzene rings is 1. The van der Waals surface area contributed by atoms with Crippen molar-refractivity contribution in [2.45, 2.75) is 0 Å². The van der Waals surface area contributed by atoms with Crippen LogP contribution >= 0.6 is 39.1 Å². The molecule has 2 rings (SSSR count). The fraction of sp³-hybridized carbons (Fsp3) is 0. The molecule has 0 amide bonds. The zero-order valence-corrected chi connectivity index (χ0v) is 9.90. The first kappa shape index (κ1) is 10.0. The molecule has 0 saturated carbocycles. The number of aromatic nitrogens is 1. The fourth-order valence-corrected chi connectivity index (χ4v) is 1.99. The maximum Gasteiger partial charge on any atom is 0.226 e. The van der Waals surface area contributed by atoms with Crippen molar-refractivity contribution in [3.8, 4) is 11.3 Å². The van der Waals surface area contributed by atoms with E-state index in [2.05, 4.69) is 21.1 Å². The zero-order chi connectivity index (χ0) is 10.1. The van der Waals surface area contributed by atoms with E-state index in [1.54, 1.807) is 12.1 Å². The van der Waals surface area contributed by atoms with Gasteiger partial charge in [-0.2, -0.15) is 0 Å². The Hall–Kier alpha value is -0.510. The maximum absolute atomic E-state index is 6.02. The molecule has 0 saturated heterocycles. The van der Waals surface area contributed by atoms with Gasteiger partial charge in [0.1, 0.15) is 5.69 Å². The van der Waals surface area contributed by atoms with Crippen LogP contribution in [0.4, 0.5) is 0 Å². The van der Waals surface area contributed by atoms with Gasteiger partial charge in [0.2, 0.25) is 5.22 Å². The summed E-state index contributed by atoms with van der Waals surface area (Å²) in [6, 6.07) is 7.14. The van der Waals surface area contributed by atoms with Crippen LogP contribution in [0, 0.1) is 0 Å². The van der Waals surface area contributed by atoms with E-state index in [-0.39, 0.29) is 5.22 Å². The van der Waals surface area contributed by atoms with Crippen LogP contribution in [0.1, 0.15) is 0 Å². The molecule has 1 aromatic carbocycles. The third-order valence-electron chi connectivity index (χ3n) is 1.69. The largest absolute Gasteiger partial charge is 0.344 e. The molecule has 0 radical (unpaired) electrons. The fourth-order valence-electron chi connectivity index (χ4n) is 1.08. The van der Waals surface area contributed by atoms with E-state index >= 15 is 0 Å². The molecule has 0 bridgehead atoms. The normalized spacial score (nSPS) is 10.5. The summed E-state index contributed by atoms with van der Waals surface area (Å²) in [6.45, 7) is 0. The predicted molar refractivity (Wildman–Crippen MR) is 59.7 cm³/mol. The molecule has 2 aromatic rings. The quantitative estimate of drug-likeness (QED) is 0.778. The van der Waals surface area contributed by atoms with E-state index < -0.39 is 0 Å². The van der Waals surface area contributed by atoms with Crippen LogP contribution in [-0.2, 0) is 0 Å². The summed E-state index contributed by atoms with van der Waals surface area (Å²) in [7, 11) is 0. The van der Waals surface area contributed by atoms with Gasteiger partial charge >= 0.3 is 0 Å². The molecule has 0 N–H and O–H groups in total. The summed E-state index contributed by atoms with van der Waals surface area (Å²) in [5.41, 5.74) is 1.43. The standard InChI is InChI=1S/C9H4BrCl2NO/c10-5-1-2-6(7(11)3-5)8-4-9(12)14-13-8/h1-4H. The maximum atomic E-state index is 6.02. The summed E-state index contributed by atoms with van der Waals surface area (Å²) in [6.07, 6.45) is 0. The van der Waals surface area contributed by atoms with Gasteiger partial charge in [-0.25, -0.2) is 0 Å². The van der Waals surface area contributed by atoms with Crippen molar-refractivity contribution in [1.82, 2.24) is 5.16 Å². The molecule has 1 aromatic heterocycles. The smallest absolute Gasteiger partial charge is 0.226 e. The lowest BCUT2D eigenvalue weighted by molar-refractivity contribution is 0.424. The number of hydrogen-bond donors (Lipinski definition) is 0. The van der Waals surface area contributed by atoms with Crippen LogP contribution < -0.4 is 0 Å². The molecule has 0 aliphatic rings. The Morgan fingerprint density at radius 2 is 2.00 bits per heavy atom. The van der Waals surface area contributed by atoms with Gasteiger partial charge in [-0.15, -0.1) is 0 Å². The lowest BCUT2D eigenvalue weighted by Gasteiger charge is -1.99. The van der Waals surface area contributed by atoms with Crippen molar-refractivity contribution >= 4 is 39.1 Å². The molecule has 0 aliphatic carbocycles. The second kappa shape index (κ2) is 3.93. The molecule has 72 valence electrons. The molecular weight excluding hydrogens is 289 g/mol. The Bertz CT molecular complexity index is 470. The number of nitrogens with zero attached hydrogens (tertiary/aromatic N) is 1. The molecule has 0 aliphatic heterocycles. The monoisotopic (exact) mass is 291 g/mol. The van der Waals surface area contributed by atoms with E-state index in [1.165, 1.54) is 0 Å². The zero-order valence-electron chi connectivity index (χ0n) is 6.80. The molecule has 2 nitrogen and oxygen atoms in total. The van der Waals surface area contributed by atoms with Gasteiger partial charge in [-0.3, -0.25) is 0 Å². The minimum Gasteiger partial charge on any atom is -0.344 e. The summed E-state index contributed by atoms with van der Waals surface area (Å²) < 4.78 is 5.67. The molecule has 1 heterocycles. The second-order valence-electron chi connectivity index (χ2n) is 2.64. The van der Waals surface area contributed by atoms with E-state index in [0.717, 1.165) is 10.0 Å². The highest BCUT2D eigenvalue weighted by atomic mass is 79.9. The molecular formula is C9H4BrCl2NO. The van der Waals surface area contributed by atoms with Crippen molar-refractivity contribution < 1.29 is 4.52 Å². The van der Waals surface area contributed by atoms with Crippen molar-refractivity contribution in [3.63, 3.8) is 0 Å². The van der Waals surface area contributed by atoms with Gasteiger partial charge < -0.3 is 4.52 Å². The SMILES string of the molecule is Clc1cc(-c2ccc(Br)cc2Cl)no1. The highest BCUT2D eigenvalue weighted by Gasteiger charge is 2.08. The molecule has 0 fully saturated rings. The summed E-state index contributed by atoms with van der Waals surface area (Å²) in [4.78, 5) is 0.